The molecule has 3 aromatic rings. The van der Waals surface area contributed by atoms with Crippen LogP contribution in [0, 0.1) is 11.6 Å². The second kappa shape index (κ2) is 7.65. The summed E-state index contributed by atoms with van der Waals surface area (Å²) < 4.78 is 110. The number of ether oxygens (including phenoxy) is 1. The molecule has 3 rings (SSSR count). The molecular formula is C17H10F6N2O4S. The predicted molar refractivity (Wildman–Crippen MR) is 90.2 cm³/mol. The minimum Gasteiger partial charge on any atom is -0.406 e. The van der Waals surface area contributed by atoms with E-state index in [1.165, 1.54) is 0 Å². The minimum absolute atomic E-state index is 0.110. The SMILES string of the molecule is NS(=O)(=O)c1c(F)cc(-c2c(-c3ccc(OC(F)(F)F)cc3)noc2CF)cc1F. The Hall–Kier alpha value is -3.06. The fourth-order valence-electron chi connectivity index (χ4n) is 2.70. The minimum atomic E-state index is -4.91. The highest BCUT2D eigenvalue weighted by atomic mass is 32.2. The van der Waals surface area contributed by atoms with Crippen molar-refractivity contribution in [2.45, 2.75) is 17.9 Å². The third-order valence-electron chi connectivity index (χ3n) is 3.82. The molecule has 160 valence electrons. The van der Waals surface area contributed by atoms with Crippen molar-refractivity contribution in [1.29, 1.82) is 0 Å². The van der Waals surface area contributed by atoms with Crippen LogP contribution in [0.2, 0.25) is 0 Å². The summed E-state index contributed by atoms with van der Waals surface area (Å²) in [5, 5.41) is 8.37. The first kappa shape index (κ1) is 21.6. The molecule has 0 aliphatic carbocycles. The number of aromatic nitrogens is 1. The van der Waals surface area contributed by atoms with Crippen molar-refractivity contribution < 1.29 is 44.0 Å². The van der Waals surface area contributed by atoms with Gasteiger partial charge in [0.15, 0.2) is 17.3 Å². The number of nitrogens with two attached hydrogens (primary N) is 1. The fourth-order valence-corrected chi connectivity index (χ4v) is 3.36. The summed E-state index contributed by atoms with van der Waals surface area (Å²) in [6, 6.07) is 5.35. The fraction of sp³-hybridized carbons (Fsp3) is 0.118. The summed E-state index contributed by atoms with van der Waals surface area (Å²) in [5.41, 5.74) is -0.583. The van der Waals surface area contributed by atoms with Gasteiger partial charge in [-0.15, -0.1) is 13.2 Å². The number of alkyl halides is 4. The van der Waals surface area contributed by atoms with Gasteiger partial charge in [0, 0.05) is 5.56 Å². The predicted octanol–water partition coefficient (Wildman–Crippen LogP) is 4.30. The number of hydrogen-bond donors (Lipinski definition) is 1. The van der Waals surface area contributed by atoms with Crippen LogP contribution < -0.4 is 9.88 Å². The largest absolute Gasteiger partial charge is 0.573 e. The van der Waals surface area contributed by atoms with Gasteiger partial charge in [0.1, 0.15) is 23.1 Å². The van der Waals surface area contributed by atoms with E-state index in [2.05, 4.69) is 9.89 Å². The second-order valence-corrected chi connectivity index (χ2v) is 7.35. The van der Waals surface area contributed by atoms with Gasteiger partial charge >= 0.3 is 6.36 Å². The monoisotopic (exact) mass is 452 g/mol. The molecule has 0 aliphatic heterocycles. The molecule has 0 radical (unpaired) electrons. The molecule has 0 amide bonds. The molecular weight excluding hydrogens is 442 g/mol. The van der Waals surface area contributed by atoms with Gasteiger partial charge in [-0.2, -0.15) is 0 Å². The van der Waals surface area contributed by atoms with Gasteiger partial charge in [-0.25, -0.2) is 26.7 Å². The zero-order valence-corrected chi connectivity index (χ0v) is 15.3. The van der Waals surface area contributed by atoms with Crippen LogP contribution in [0.1, 0.15) is 5.76 Å². The van der Waals surface area contributed by atoms with Crippen molar-refractivity contribution >= 4 is 10.0 Å². The van der Waals surface area contributed by atoms with Gasteiger partial charge < -0.3 is 9.26 Å². The Bertz CT molecular complexity index is 1170. The highest BCUT2D eigenvalue weighted by molar-refractivity contribution is 7.89. The molecule has 0 saturated heterocycles. The number of sulfonamides is 1. The summed E-state index contributed by atoms with van der Waals surface area (Å²) in [5.74, 6) is -4.05. The van der Waals surface area contributed by atoms with Crippen LogP contribution in [0.15, 0.2) is 45.8 Å². The van der Waals surface area contributed by atoms with E-state index in [9.17, 15) is 34.8 Å². The molecule has 0 bridgehead atoms. The first-order chi connectivity index (χ1) is 13.9. The third-order valence-corrected chi connectivity index (χ3v) is 4.78. The number of rotatable bonds is 5. The first-order valence-electron chi connectivity index (χ1n) is 7.83. The van der Waals surface area contributed by atoms with Crippen LogP contribution in [0.4, 0.5) is 26.3 Å². The summed E-state index contributed by atoms with van der Waals surface area (Å²) in [6.07, 6.45) is -4.91. The lowest BCUT2D eigenvalue weighted by molar-refractivity contribution is -0.274. The first-order valence-corrected chi connectivity index (χ1v) is 9.38. The van der Waals surface area contributed by atoms with Crippen molar-refractivity contribution in [2.24, 2.45) is 5.14 Å². The Kier molecular flexibility index (Phi) is 5.52. The Labute approximate surface area is 164 Å². The molecule has 1 aromatic heterocycles. The molecule has 0 spiro atoms. The second-order valence-electron chi connectivity index (χ2n) is 5.85. The van der Waals surface area contributed by atoms with Crippen molar-refractivity contribution in [3.05, 3.63) is 53.8 Å². The van der Waals surface area contributed by atoms with Gasteiger partial charge in [-0.05, 0) is 42.0 Å². The highest BCUT2D eigenvalue weighted by Crippen LogP contribution is 2.37. The number of halogens is 6. The average molecular weight is 452 g/mol. The van der Waals surface area contributed by atoms with E-state index >= 15 is 0 Å². The lowest BCUT2D eigenvalue weighted by Gasteiger charge is -2.10. The summed E-state index contributed by atoms with van der Waals surface area (Å²) in [6.45, 7) is -1.24. The molecule has 1 heterocycles. The molecule has 0 aliphatic rings. The van der Waals surface area contributed by atoms with E-state index < -0.39 is 51.1 Å². The van der Waals surface area contributed by atoms with Crippen LogP contribution >= 0.6 is 0 Å². The molecule has 0 atom stereocenters. The zero-order valence-electron chi connectivity index (χ0n) is 14.5. The maximum atomic E-state index is 14.2. The normalized spacial score (nSPS) is 12.2. The van der Waals surface area contributed by atoms with Crippen LogP contribution in [-0.4, -0.2) is 19.9 Å². The van der Waals surface area contributed by atoms with Gasteiger partial charge in [0.25, 0.3) is 0 Å². The molecule has 0 saturated carbocycles. The topological polar surface area (TPSA) is 95.4 Å². The van der Waals surface area contributed by atoms with E-state index in [4.69, 9.17) is 9.66 Å². The van der Waals surface area contributed by atoms with Crippen molar-refractivity contribution in [3.63, 3.8) is 0 Å². The molecule has 2 N–H and O–H groups in total. The van der Waals surface area contributed by atoms with Crippen LogP contribution in [0.3, 0.4) is 0 Å². The van der Waals surface area contributed by atoms with E-state index in [1.54, 1.807) is 0 Å². The number of primary sulfonamides is 1. The quantitative estimate of drug-likeness (QED) is 0.583. The van der Waals surface area contributed by atoms with Crippen LogP contribution in [0.5, 0.6) is 5.75 Å². The maximum Gasteiger partial charge on any atom is 0.573 e. The Morgan fingerprint density at radius 2 is 1.60 bits per heavy atom. The number of benzene rings is 2. The Balaban J connectivity index is 2.11. The lowest BCUT2D eigenvalue weighted by atomic mass is 9.99. The summed E-state index contributed by atoms with van der Waals surface area (Å²) in [4.78, 5) is -1.38. The number of hydrogen-bond acceptors (Lipinski definition) is 5. The Morgan fingerprint density at radius 3 is 2.07 bits per heavy atom. The maximum absolute atomic E-state index is 14.2. The smallest absolute Gasteiger partial charge is 0.406 e. The molecule has 13 heteroatoms. The van der Waals surface area contributed by atoms with E-state index in [0.717, 1.165) is 24.3 Å². The van der Waals surface area contributed by atoms with Crippen molar-refractivity contribution in [3.8, 4) is 28.1 Å². The highest BCUT2D eigenvalue weighted by Gasteiger charge is 2.31. The van der Waals surface area contributed by atoms with Crippen molar-refractivity contribution in [2.75, 3.05) is 0 Å². The average Bonchev–Trinajstić information content (AvgIpc) is 3.03. The van der Waals surface area contributed by atoms with Gasteiger partial charge in [-0.1, -0.05) is 5.16 Å². The summed E-state index contributed by atoms with van der Waals surface area (Å²) in [7, 11) is -4.72. The molecule has 0 fully saturated rings. The van der Waals surface area contributed by atoms with Crippen LogP contribution in [0.25, 0.3) is 22.4 Å². The van der Waals surface area contributed by atoms with E-state index in [1.807, 2.05) is 0 Å². The standard InChI is InChI=1S/C17H10F6N2O4S/c18-7-13-14(9-5-11(19)16(12(20)6-9)30(24,26)27)15(25-29-13)8-1-3-10(4-2-8)28-17(21,22)23/h1-6H,7H2,(H2,24,26,27). The van der Waals surface area contributed by atoms with E-state index in [0.29, 0.717) is 12.1 Å². The van der Waals surface area contributed by atoms with Gasteiger partial charge in [-0.3, -0.25) is 0 Å². The summed E-state index contributed by atoms with van der Waals surface area (Å²) >= 11 is 0. The molecule has 2 aromatic carbocycles. The van der Waals surface area contributed by atoms with Crippen molar-refractivity contribution in [1.82, 2.24) is 5.16 Å². The lowest BCUT2D eigenvalue weighted by Crippen LogP contribution is -2.16. The zero-order chi connectivity index (χ0) is 22.3. The van der Waals surface area contributed by atoms with Gasteiger partial charge in [0.05, 0.1) is 5.56 Å². The van der Waals surface area contributed by atoms with E-state index in [-0.39, 0.29) is 22.4 Å². The van der Waals surface area contributed by atoms with Gasteiger partial charge in [0.2, 0.25) is 10.0 Å². The molecule has 0 unspecified atom stereocenters. The third kappa shape index (κ3) is 4.41. The number of nitrogens with zero attached hydrogens (tertiary/aromatic N) is 1. The molecule has 6 nitrogen and oxygen atoms in total. The molecule has 30 heavy (non-hydrogen) atoms. The van der Waals surface area contributed by atoms with Crippen LogP contribution in [-0.2, 0) is 16.7 Å². The Morgan fingerprint density at radius 1 is 1.03 bits per heavy atom.